The molecule has 2 rings (SSSR count). The number of carbonyl (C=O) groups is 1. The van der Waals surface area contributed by atoms with Crippen LogP contribution in [-0.2, 0) is 14.3 Å². The molecule has 5 nitrogen and oxygen atoms in total. The van der Waals surface area contributed by atoms with Crippen molar-refractivity contribution in [3.63, 3.8) is 0 Å². The summed E-state index contributed by atoms with van der Waals surface area (Å²) in [5.74, 6) is -0.164. The Balaban J connectivity index is 1.84. The fourth-order valence-corrected chi connectivity index (χ4v) is 3.32. The average Bonchev–Trinajstić information content (AvgIpc) is 2.47. The summed E-state index contributed by atoms with van der Waals surface area (Å²) in [5.41, 5.74) is -0.784. The van der Waals surface area contributed by atoms with Crippen LogP contribution in [0.2, 0.25) is 0 Å². The first-order valence-electron chi connectivity index (χ1n) is 7.84. The molecular weight excluding hydrogens is 258 g/mol. The molecule has 1 aliphatic heterocycles. The van der Waals surface area contributed by atoms with Crippen LogP contribution in [0.1, 0.15) is 45.4 Å². The van der Waals surface area contributed by atoms with E-state index in [0.29, 0.717) is 25.3 Å². The molecule has 2 aliphatic rings. The topological polar surface area (TPSA) is 67.8 Å². The lowest BCUT2D eigenvalue weighted by atomic mass is 9.80. The number of hydrogen-bond acceptors (Lipinski definition) is 4. The molecule has 2 N–H and O–H groups in total. The van der Waals surface area contributed by atoms with Crippen molar-refractivity contribution in [3.05, 3.63) is 0 Å². The van der Waals surface area contributed by atoms with Crippen molar-refractivity contribution < 1.29 is 19.4 Å². The van der Waals surface area contributed by atoms with Crippen molar-refractivity contribution >= 4 is 5.97 Å². The lowest BCUT2D eigenvalue weighted by molar-refractivity contribution is -0.149. The summed E-state index contributed by atoms with van der Waals surface area (Å²) in [6, 6.07) is 0. The van der Waals surface area contributed by atoms with Gasteiger partial charge in [0.2, 0.25) is 0 Å². The Hall–Kier alpha value is -0.650. The summed E-state index contributed by atoms with van der Waals surface area (Å²) in [6.45, 7) is 5.04. The van der Waals surface area contributed by atoms with E-state index in [2.05, 4.69) is 5.32 Å². The Kier molecular flexibility index (Phi) is 5.81. The number of rotatable bonds is 6. The number of nitrogens with one attached hydrogen (secondary N) is 1. The summed E-state index contributed by atoms with van der Waals surface area (Å²) < 4.78 is 11.4. The molecule has 0 aromatic carbocycles. The maximum absolute atomic E-state index is 11.6. The fourth-order valence-electron chi connectivity index (χ4n) is 3.32. The molecule has 0 aromatic rings. The summed E-state index contributed by atoms with van der Waals surface area (Å²) in [4.78, 5) is 11.6. The van der Waals surface area contributed by atoms with E-state index >= 15 is 0 Å². The Morgan fingerprint density at radius 2 is 2.15 bits per heavy atom. The third-order valence-electron chi connectivity index (χ3n) is 4.54. The Bertz CT molecular complexity index is 313. The zero-order valence-electron chi connectivity index (χ0n) is 12.4. The van der Waals surface area contributed by atoms with Crippen LogP contribution in [-0.4, -0.2) is 49.1 Å². The SMILES string of the molecule is CCNC1(C(=O)O)CCCC(OCC2CCOCC2)C1. The molecule has 2 fully saturated rings. The van der Waals surface area contributed by atoms with Gasteiger partial charge in [-0.1, -0.05) is 6.92 Å². The molecule has 0 radical (unpaired) electrons. The van der Waals surface area contributed by atoms with Crippen molar-refractivity contribution in [2.24, 2.45) is 5.92 Å². The number of hydrogen-bond donors (Lipinski definition) is 2. The van der Waals surface area contributed by atoms with Crippen LogP contribution in [0, 0.1) is 5.92 Å². The third kappa shape index (κ3) is 3.93. The Morgan fingerprint density at radius 1 is 1.40 bits per heavy atom. The van der Waals surface area contributed by atoms with E-state index in [-0.39, 0.29) is 6.10 Å². The predicted octanol–water partition coefficient (Wildman–Crippen LogP) is 1.81. The van der Waals surface area contributed by atoms with E-state index < -0.39 is 11.5 Å². The first-order valence-corrected chi connectivity index (χ1v) is 7.84. The van der Waals surface area contributed by atoms with Crippen molar-refractivity contribution in [1.82, 2.24) is 5.32 Å². The highest BCUT2D eigenvalue weighted by Gasteiger charge is 2.42. The van der Waals surface area contributed by atoms with Gasteiger partial charge in [-0.25, -0.2) is 0 Å². The highest BCUT2D eigenvalue weighted by Crippen LogP contribution is 2.31. The first-order chi connectivity index (χ1) is 9.66. The lowest BCUT2D eigenvalue weighted by Gasteiger charge is -2.38. The molecule has 1 saturated heterocycles. The normalized spacial score (nSPS) is 32.1. The van der Waals surface area contributed by atoms with Crippen molar-refractivity contribution in [3.8, 4) is 0 Å². The highest BCUT2D eigenvalue weighted by molar-refractivity contribution is 5.79. The number of aliphatic carboxylic acids is 1. The average molecular weight is 285 g/mol. The highest BCUT2D eigenvalue weighted by atomic mass is 16.5. The number of carboxylic acid groups (broad SMARTS) is 1. The molecule has 20 heavy (non-hydrogen) atoms. The Labute approximate surface area is 121 Å². The van der Waals surface area contributed by atoms with Crippen LogP contribution < -0.4 is 5.32 Å². The number of likely N-dealkylation sites (N-methyl/N-ethyl adjacent to an activating group) is 1. The molecule has 2 unspecified atom stereocenters. The van der Waals surface area contributed by atoms with Gasteiger partial charge in [-0.05, 0) is 44.6 Å². The van der Waals surface area contributed by atoms with E-state index in [1.165, 1.54) is 0 Å². The summed E-state index contributed by atoms with van der Waals surface area (Å²) in [5, 5.41) is 12.7. The van der Waals surface area contributed by atoms with Crippen LogP contribution in [0.15, 0.2) is 0 Å². The molecule has 1 heterocycles. The van der Waals surface area contributed by atoms with E-state index in [4.69, 9.17) is 9.47 Å². The molecule has 2 atom stereocenters. The minimum atomic E-state index is -0.784. The van der Waals surface area contributed by atoms with Gasteiger partial charge < -0.3 is 19.9 Å². The van der Waals surface area contributed by atoms with Gasteiger partial charge in [-0.15, -0.1) is 0 Å². The minimum absolute atomic E-state index is 0.0711. The van der Waals surface area contributed by atoms with E-state index in [0.717, 1.165) is 45.5 Å². The van der Waals surface area contributed by atoms with Gasteiger partial charge in [0.25, 0.3) is 0 Å². The molecular formula is C15H27NO4. The standard InChI is InChI=1S/C15H27NO4/c1-2-16-15(14(17)18)7-3-4-13(10-15)20-11-12-5-8-19-9-6-12/h12-13,16H,2-11H2,1H3,(H,17,18). The van der Waals surface area contributed by atoms with Crippen LogP contribution in [0.4, 0.5) is 0 Å². The zero-order chi connectivity index (χ0) is 14.4. The molecule has 0 aromatic heterocycles. The second kappa shape index (κ2) is 7.38. The van der Waals surface area contributed by atoms with Gasteiger partial charge >= 0.3 is 5.97 Å². The monoisotopic (exact) mass is 285 g/mol. The van der Waals surface area contributed by atoms with Crippen molar-refractivity contribution in [2.75, 3.05) is 26.4 Å². The van der Waals surface area contributed by atoms with Crippen LogP contribution in [0.3, 0.4) is 0 Å². The van der Waals surface area contributed by atoms with Crippen LogP contribution in [0.25, 0.3) is 0 Å². The fraction of sp³-hybridized carbons (Fsp3) is 0.933. The van der Waals surface area contributed by atoms with Gasteiger partial charge in [-0.3, -0.25) is 4.79 Å². The van der Waals surface area contributed by atoms with Crippen molar-refractivity contribution in [1.29, 1.82) is 0 Å². The molecule has 0 amide bonds. The molecule has 116 valence electrons. The predicted molar refractivity (Wildman–Crippen MR) is 75.8 cm³/mol. The van der Waals surface area contributed by atoms with Gasteiger partial charge in [0.05, 0.1) is 6.10 Å². The lowest BCUT2D eigenvalue weighted by Crippen LogP contribution is -2.56. The van der Waals surface area contributed by atoms with E-state index in [1.807, 2.05) is 6.92 Å². The second-order valence-electron chi connectivity index (χ2n) is 6.03. The molecule has 1 aliphatic carbocycles. The Morgan fingerprint density at radius 3 is 2.80 bits per heavy atom. The summed E-state index contributed by atoms with van der Waals surface area (Å²) in [6.07, 6.45) is 5.36. The first kappa shape index (κ1) is 15.7. The molecule has 0 spiro atoms. The van der Waals surface area contributed by atoms with Crippen molar-refractivity contribution in [2.45, 2.75) is 57.1 Å². The van der Waals surface area contributed by atoms with E-state index in [9.17, 15) is 9.90 Å². The quantitative estimate of drug-likeness (QED) is 0.779. The second-order valence-corrected chi connectivity index (χ2v) is 6.03. The van der Waals surface area contributed by atoms with Crippen LogP contribution in [0.5, 0.6) is 0 Å². The zero-order valence-corrected chi connectivity index (χ0v) is 12.4. The van der Waals surface area contributed by atoms with Gasteiger partial charge in [0, 0.05) is 26.2 Å². The maximum Gasteiger partial charge on any atom is 0.323 e. The summed E-state index contributed by atoms with van der Waals surface area (Å²) in [7, 11) is 0. The summed E-state index contributed by atoms with van der Waals surface area (Å²) >= 11 is 0. The maximum atomic E-state index is 11.6. The molecule has 5 heteroatoms. The van der Waals surface area contributed by atoms with Crippen LogP contribution >= 0.6 is 0 Å². The van der Waals surface area contributed by atoms with Gasteiger partial charge in [0.1, 0.15) is 5.54 Å². The largest absolute Gasteiger partial charge is 0.480 e. The molecule has 1 saturated carbocycles. The van der Waals surface area contributed by atoms with Gasteiger partial charge in [-0.2, -0.15) is 0 Å². The van der Waals surface area contributed by atoms with Gasteiger partial charge in [0.15, 0.2) is 0 Å². The number of carboxylic acids is 1. The smallest absolute Gasteiger partial charge is 0.323 e. The van der Waals surface area contributed by atoms with E-state index in [1.54, 1.807) is 0 Å². The third-order valence-corrected chi connectivity index (χ3v) is 4.54. The number of ether oxygens (including phenoxy) is 2. The molecule has 0 bridgehead atoms. The minimum Gasteiger partial charge on any atom is -0.480 e.